The Morgan fingerprint density at radius 3 is 2.71 bits per heavy atom. The van der Waals surface area contributed by atoms with Gasteiger partial charge < -0.3 is 14.0 Å². The molecule has 1 aliphatic heterocycles. The molecule has 1 unspecified atom stereocenters. The van der Waals surface area contributed by atoms with Gasteiger partial charge in [0.25, 0.3) is 5.89 Å². The van der Waals surface area contributed by atoms with Gasteiger partial charge in [-0.15, -0.1) is 5.10 Å². The van der Waals surface area contributed by atoms with Crippen LogP contribution >= 0.6 is 0 Å². The Hall–Kier alpha value is -3.52. The molecule has 31 heavy (non-hydrogen) atoms. The number of nitrogens with zero attached hydrogens (tertiary/aromatic N) is 5. The van der Waals surface area contributed by atoms with Crippen molar-refractivity contribution < 1.29 is 14.0 Å². The number of ether oxygens (including phenoxy) is 2. The predicted molar refractivity (Wildman–Crippen MR) is 113 cm³/mol. The molecule has 3 heterocycles. The second-order valence-corrected chi connectivity index (χ2v) is 7.59. The van der Waals surface area contributed by atoms with Crippen LogP contribution in [0.1, 0.15) is 35.4 Å². The smallest absolute Gasteiger partial charge is 0.280 e. The van der Waals surface area contributed by atoms with E-state index >= 15 is 0 Å². The standard InChI is InChI=1S/C23H23N5O3/c1-4-29-18-9-7-16(8-10-18)20-12-28-19(13-30-20)21(25-27-28)23-24-22(26-31-23)17-6-5-14(2)15(3)11-17/h5-11,20H,4,12-13H2,1-3H3. The van der Waals surface area contributed by atoms with Crippen LogP contribution in [0.15, 0.2) is 47.0 Å². The number of rotatable bonds is 5. The first-order chi connectivity index (χ1) is 15.1. The van der Waals surface area contributed by atoms with Gasteiger partial charge in [-0.25, -0.2) is 4.68 Å². The summed E-state index contributed by atoms with van der Waals surface area (Å²) in [6.45, 7) is 7.68. The lowest BCUT2D eigenvalue weighted by Gasteiger charge is -2.24. The minimum absolute atomic E-state index is 0.105. The van der Waals surface area contributed by atoms with Crippen molar-refractivity contribution in [3.05, 3.63) is 64.8 Å². The zero-order valence-electron chi connectivity index (χ0n) is 17.7. The molecule has 1 atom stereocenters. The maximum Gasteiger partial charge on any atom is 0.280 e. The van der Waals surface area contributed by atoms with Crippen LogP contribution in [0.3, 0.4) is 0 Å². The number of hydrogen-bond donors (Lipinski definition) is 0. The van der Waals surface area contributed by atoms with E-state index in [4.69, 9.17) is 14.0 Å². The summed E-state index contributed by atoms with van der Waals surface area (Å²) in [6.07, 6.45) is -0.105. The second-order valence-electron chi connectivity index (χ2n) is 7.59. The zero-order valence-corrected chi connectivity index (χ0v) is 17.7. The molecule has 8 heteroatoms. The molecule has 0 aliphatic carbocycles. The van der Waals surface area contributed by atoms with Crippen molar-refractivity contribution in [2.45, 2.75) is 40.0 Å². The van der Waals surface area contributed by atoms with Gasteiger partial charge in [0.2, 0.25) is 5.82 Å². The molecule has 1 aliphatic rings. The molecule has 4 aromatic rings. The molecule has 0 N–H and O–H groups in total. The van der Waals surface area contributed by atoms with E-state index in [1.807, 2.05) is 41.9 Å². The summed E-state index contributed by atoms with van der Waals surface area (Å²) in [5.41, 5.74) is 5.77. The number of benzene rings is 2. The second kappa shape index (κ2) is 7.96. The summed E-state index contributed by atoms with van der Waals surface area (Å²) in [5, 5.41) is 12.7. The van der Waals surface area contributed by atoms with Gasteiger partial charge in [-0.2, -0.15) is 4.98 Å². The summed E-state index contributed by atoms with van der Waals surface area (Å²) in [5.74, 6) is 1.73. The monoisotopic (exact) mass is 417 g/mol. The Kier molecular flexibility index (Phi) is 4.99. The van der Waals surface area contributed by atoms with Crippen LogP contribution in [0.5, 0.6) is 5.75 Å². The van der Waals surface area contributed by atoms with E-state index in [-0.39, 0.29) is 6.10 Å². The lowest BCUT2D eigenvalue weighted by atomic mass is 10.1. The number of aryl methyl sites for hydroxylation is 2. The highest BCUT2D eigenvalue weighted by Crippen LogP contribution is 2.31. The van der Waals surface area contributed by atoms with Gasteiger partial charge in [-0.3, -0.25) is 0 Å². The maximum atomic E-state index is 6.10. The molecule has 2 aromatic carbocycles. The van der Waals surface area contributed by atoms with E-state index in [0.717, 1.165) is 22.6 Å². The molecule has 158 valence electrons. The van der Waals surface area contributed by atoms with Crippen molar-refractivity contribution in [3.8, 4) is 28.7 Å². The Labute approximate surface area is 179 Å². The average molecular weight is 417 g/mol. The normalized spacial score (nSPS) is 15.6. The van der Waals surface area contributed by atoms with E-state index < -0.39 is 0 Å². The van der Waals surface area contributed by atoms with Gasteiger partial charge in [-0.1, -0.05) is 34.6 Å². The molecule has 0 fully saturated rings. The van der Waals surface area contributed by atoms with E-state index in [1.54, 1.807) is 0 Å². The van der Waals surface area contributed by atoms with Gasteiger partial charge in [0.1, 0.15) is 11.9 Å². The molecule has 5 rings (SSSR count). The summed E-state index contributed by atoms with van der Waals surface area (Å²) < 4.78 is 19.0. The molecule has 8 nitrogen and oxygen atoms in total. The van der Waals surface area contributed by atoms with Gasteiger partial charge >= 0.3 is 0 Å². The highest BCUT2D eigenvalue weighted by molar-refractivity contribution is 5.60. The zero-order chi connectivity index (χ0) is 21.4. The van der Waals surface area contributed by atoms with Crippen molar-refractivity contribution in [2.24, 2.45) is 0 Å². The van der Waals surface area contributed by atoms with Crippen molar-refractivity contribution >= 4 is 0 Å². The van der Waals surface area contributed by atoms with Crippen LogP contribution in [0.2, 0.25) is 0 Å². The number of aromatic nitrogens is 5. The molecule has 0 saturated carbocycles. The van der Waals surface area contributed by atoms with E-state index in [0.29, 0.717) is 37.2 Å². The van der Waals surface area contributed by atoms with Crippen LogP contribution in [-0.2, 0) is 17.9 Å². The molecular weight excluding hydrogens is 394 g/mol. The number of hydrogen-bond acceptors (Lipinski definition) is 7. The van der Waals surface area contributed by atoms with Crippen molar-refractivity contribution in [2.75, 3.05) is 6.61 Å². The van der Waals surface area contributed by atoms with E-state index in [2.05, 4.69) is 46.4 Å². The highest BCUT2D eigenvalue weighted by Gasteiger charge is 2.28. The lowest BCUT2D eigenvalue weighted by Crippen LogP contribution is -2.22. The first-order valence-electron chi connectivity index (χ1n) is 10.3. The fourth-order valence-electron chi connectivity index (χ4n) is 3.64. The Morgan fingerprint density at radius 1 is 1.10 bits per heavy atom. The van der Waals surface area contributed by atoms with E-state index in [9.17, 15) is 0 Å². The number of fused-ring (bicyclic) bond motifs is 1. The van der Waals surface area contributed by atoms with Gasteiger partial charge in [0.15, 0.2) is 5.69 Å². The van der Waals surface area contributed by atoms with Gasteiger partial charge in [0.05, 0.1) is 25.5 Å². The minimum atomic E-state index is -0.105. The van der Waals surface area contributed by atoms with Crippen LogP contribution in [0.4, 0.5) is 0 Å². The van der Waals surface area contributed by atoms with Crippen LogP contribution in [-0.4, -0.2) is 31.7 Å². The third-order valence-electron chi connectivity index (χ3n) is 5.55. The highest BCUT2D eigenvalue weighted by atomic mass is 16.5. The Balaban J connectivity index is 1.36. The van der Waals surface area contributed by atoms with E-state index in [1.165, 1.54) is 11.1 Å². The van der Waals surface area contributed by atoms with Gasteiger partial charge in [-0.05, 0) is 55.7 Å². The van der Waals surface area contributed by atoms with Crippen LogP contribution in [0.25, 0.3) is 23.0 Å². The van der Waals surface area contributed by atoms with Crippen LogP contribution in [0, 0.1) is 13.8 Å². The molecule has 0 amide bonds. The summed E-state index contributed by atoms with van der Waals surface area (Å²) in [4.78, 5) is 4.54. The van der Waals surface area contributed by atoms with Crippen LogP contribution < -0.4 is 4.74 Å². The average Bonchev–Trinajstić information content (AvgIpc) is 3.43. The third-order valence-corrected chi connectivity index (χ3v) is 5.55. The molecule has 0 spiro atoms. The third kappa shape index (κ3) is 3.70. The molecular formula is C23H23N5O3. The summed E-state index contributed by atoms with van der Waals surface area (Å²) in [6, 6.07) is 14.0. The molecule has 0 saturated heterocycles. The lowest BCUT2D eigenvalue weighted by molar-refractivity contribution is -0.00119. The molecule has 0 radical (unpaired) electrons. The SMILES string of the molecule is CCOc1ccc(C2Cn3nnc(-c4nc(-c5ccc(C)c(C)c5)no4)c3CO2)cc1. The maximum absolute atomic E-state index is 6.10. The first-order valence-corrected chi connectivity index (χ1v) is 10.3. The Bertz CT molecular complexity index is 1210. The summed E-state index contributed by atoms with van der Waals surface area (Å²) in [7, 11) is 0. The quantitative estimate of drug-likeness (QED) is 0.479. The summed E-state index contributed by atoms with van der Waals surface area (Å²) >= 11 is 0. The first kappa shape index (κ1) is 19.4. The fraction of sp³-hybridized carbons (Fsp3) is 0.304. The molecule has 0 bridgehead atoms. The minimum Gasteiger partial charge on any atom is -0.494 e. The van der Waals surface area contributed by atoms with Crippen molar-refractivity contribution in [1.29, 1.82) is 0 Å². The van der Waals surface area contributed by atoms with Crippen molar-refractivity contribution in [3.63, 3.8) is 0 Å². The fourth-order valence-corrected chi connectivity index (χ4v) is 3.64. The molecule has 2 aromatic heterocycles. The van der Waals surface area contributed by atoms with Crippen molar-refractivity contribution in [1.82, 2.24) is 25.1 Å². The largest absolute Gasteiger partial charge is 0.494 e. The topological polar surface area (TPSA) is 88.1 Å². The predicted octanol–water partition coefficient (Wildman–Crippen LogP) is 4.28. The Morgan fingerprint density at radius 2 is 1.94 bits per heavy atom. The van der Waals surface area contributed by atoms with Gasteiger partial charge in [0, 0.05) is 5.56 Å².